The minimum atomic E-state index is 0.568. The van der Waals surface area contributed by atoms with Crippen molar-refractivity contribution in [2.24, 2.45) is 0 Å². The molecule has 1 fully saturated rings. The fourth-order valence-electron chi connectivity index (χ4n) is 1.29. The Hall–Kier alpha value is -0.120. The Morgan fingerprint density at radius 2 is 2.40 bits per heavy atom. The first-order valence-electron chi connectivity index (χ1n) is 3.82. The molecule has 1 saturated heterocycles. The fraction of sp³-hybridized carbons (Fsp3) is 1.00. The molecule has 0 saturated carbocycles. The van der Waals surface area contributed by atoms with Gasteiger partial charge in [-0.05, 0) is 19.4 Å². The van der Waals surface area contributed by atoms with Crippen LogP contribution in [0.15, 0.2) is 0 Å². The topological polar surface area (TPSA) is 24.5 Å². The lowest BCUT2D eigenvalue weighted by Gasteiger charge is -2.29. The normalized spacial score (nSPS) is 27.3. The van der Waals surface area contributed by atoms with Crippen molar-refractivity contribution in [2.75, 3.05) is 27.2 Å². The number of hydroxylamine groups is 2. The van der Waals surface area contributed by atoms with Gasteiger partial charge in [0.2, 0.25) is 0 Å². The first-order valence-corrected chi connectivity index (χ1v) is 3.82. The summed E-state index contributed by atoms with van der Waals surface area (Å²) in [5, 5.41) is 5.25. The Bertz CT molecular complexity index is 91.6. The van der Waals surface area contributed by atoms with E-state index in [4.69, 9.17) is 4.84 Å². The molecule has 0 radical (unpaired) electrons. The van der Waals surface area contributed by atoms with Crippen LogP contribution in [0.2, 0.25) is 0 Å². The molecule has 1 rings (SSSR count). The zero-order valence-electron chi connectivity index (χ0n) is 6.76. The van der Waals surface area contributed by atoms with E-state index >= 15 is 0 Å². The van der Waals surface area contributed by atoms with E-state index in [0.717, 1.165) is 13.1 Å². The minimum Gasteiger partial charge on any atom is -0.315 e. The summed E-state index contributed by atoms with van der Waals surface area (Å²) in [6, 6.07) is 0.568. The molecule has 60 valence electrons. The minimum absolute atomic E-state index is 0.568. The summed E-state index contributed by atoms with van der Waals surface area (Å²) in [6.45, 7) is 2.22. The van der Waals surface area contributed by atoms with E-state index in [0.29, 0.717) is 6.04 Å². The summed E-state index contributed by atoms with van der Waals surface area (Å²) in [5.41, 5.74) is 0. The van der Waals surface area contributed by atoms with Gasteiger partial charge >= 0.3 is 0 Å². The molecule has 1 aliphatic rings. The summed E-state index contributed by atoms with van der Waals surface area (Å²) < 4.78 is 0. The van der Waals surface area contributed by atoms with Gasteiger partial charge in [0.05, 0.1) is 7.11 Å². The molecule has 0 amide bonds. The first-order chi connectivity index (χ1) is 4.84. The molecule has 0 aromatic heterocycles. The molecule has 10 heavy (non-hydrogen) atoms. The van der Waals surface area contributed by atoms with E-state index in [9.17, 15) is 0 Å². The Labute approximate surface area is 62.3 Å². The van der Waals surface area contributed by atoms with Crippen LogP contribution in [-0.4, -0.2) is 38.4 Å². The van der Waals surface area contributed by atoms with Crippen molar-refractivity contribution in [3.63, 3.8) is 0 Å². The molecule has 3 nitrogen and oxygen atoms in total. The predicted molar refractivity (Wildman–Crippen MR) is 40.7 cm³/mol. The average Bonchev–Trinajstić information content (AvgIpc) is 2.05. The van der Waals surface area contributed by atoms with Gasteiger partial charge in [-0.25, -0.2) is 0 Å². The van der Waals surface area contributed by atoms with Crippen LogP contribution in [0.4, 0.5) is 0 Å². The van der Waals surface area contributed by atoms with E-state index in [1.807, 2.05) is 12.1 Å². The highest BCUT2D eigenvalue weighted by Crippen LogP contribution is 2.07. The number of piperidine rings is 1. The summed E-state index contributed by atoms with van der Waals surface area (Å²) in [6.07, 6.45) is 2.51. The Morgan fingerprint density at radius 3 is 2.90 bits per heavy atom. The highest BCUT2D eigenvalue weighted by atomic mass is 16.7. The SMILES string of the molecule is CON(C)C1CCCNC1. The molecule has 1 N–H and O–H groups in total. The molecule has 0 aromatic rings. The van der Waals surface area contributed by atoms with Gasteiger partial charge in [0.15, 0.2) is 0 Å². The van der Waals surface area contributed by atoms with Crippen molar-refractivity contribution in [3.05, 3.63) is 0 Å². The molecule has 1 aliphatic heterocycles. The third kappa shape index (κ3) is 1.94. The van der Waals surface area contributed by atoms with Crippen LogP contribution in [0.3, 0.4) is 0 Å². The van der Waals surface area contributed by atoms with Crippen LogP contribution in [0.5, 0.6) is 0 Å². The van der Waals surface area contributed by atoms with Gasteiger partial charge in [0.25, 0.3) is 0 Å². The smallest absolute Gasteiger partial charge is 0.0575 e. The van der Waals surface area contributed by atoms with Crippen molar-refractivity contribution in [1.82, 2.24) is 10.4 Å². The summed E-state index contributed by atoms with van der Waals surface area (Å²) >= 11 is 0. The highest BCUT2D eigenvalue weighted by molar-refractivity contribution is 4.72. The molecule has 0 bridgehead atoms. The van der Waals surface area contributed by atoms with Gasteiger partial charge < -0.3 is 10.2 Å². The maximum atomic E-state index is 5.08. The van der Waals surface area contributed by atoms with Crippen molar-refractivity contribution >= 4 is 0 Å². The van der Waals surface area contributed by atoms with Crippen LogP contribution < -0.4 is 5.32 Å². The first kappa shape index (κ1) is 7.98. The molecular formula is C7H16N2O. The lowest BCUT2D eigenvalue weighted by atomic mass is 10.1. The largest absolute Gasteiger partial charge is 0.315 e. The summed E-state index contributed by atoms with van der Waals surface area (Å²) in [5.74, 6) is 0. The molecular weight excluding hydrogens is 128 g/mol. The number of nitrogens with zero attached hydrogens (tertiary/aromatic N) is 1. The zero-order chi connectivity index (χ0) is 7.40. The summed E-state index contributed by atoms with van der Waals surface area (Å²) in [4.78, 5) is 5.08. The third-order valence-corrected chi connectivity index (χ3v) is 2.07. The van der Waals surface area contributed by atoms with Crippen molar-refractivity contribution in [3.8, 4) is 0 Å². The Balaban J connectivity index is 2.24. The number of rotatable bonds is 2. The van der Waals surface area contributed by atoms with Gasteiger partial charge in [-0.15, -0.1) is 0 Å². The van der Waals surface area contributed by atoms with Gasteiger partial charge in [0.1, 0.15) is 0 Å². The molecule has 0 aromatic carbocycles. The van der Waals surface area contributed by atoms with E-state index in [1.54, 1.807) is 7.11 Å². The number of likely N-dealkylation sites (N-methyl/N-ethyl adjacent to an activating group) is 1. The number of nitrogens with one attached hydrogen (secondary N) is 1. The van der Waals surface area contributed by atoms with Gasteiger partial charge in [-0.1, -0.05) is 0 Å². The monoisotopic (exact) mass is 144 g/mol. The van der Waals surface area contributed by atoms with Gasteiger partial charge in [-0.3, -0.25) is 0 Å². The molecule has 1 unspecified atom stereocenters. The van der Waals surface area contributed by atoms with Crippen LogP contribution in [0.25, 0.3) is 0 Å². The van der Waals surface area contributed by atoms with Crippen molar-refractivity contribution in [1.29, 1.82) is 0 Å². The second-order valence-electron chi connectivity index (χ2n) is 2.73. The third-order valence-electron chi connectivity index (χ3n) is 2.07. The fourth-order valence-corrected chi connectivity index (χ4v) is 1.29. The predicted octanol–water partition coefficient (Wildman–Crippen LogP) is 0.232. The van der Waals surface area contributed by atoms with E-state index in [2.05, 4.69) is 5.32 Å². The van der Waals surface area contributed by atoms with Crippen LogP contribution in [0, 0.1) is 0 Å². The van der Waals surface area contributed by atoms with E-state index in [-0.39, 0.29) is 0 Å². The van der Waals surface area contributed by atoms with Gasteiger partial charge in [-0.2, -0.15) is 5.06 Å². The number of hydrogen-bond acceptors (Lipinski definition) is 3. The summed E-state index contributed by atoms with van der Waals surface area (Å²) in [7, 11) is 3.70. The second-order valence-corrected chi connectivity index (χ2v) is 2.73. The van der Waals surface area contributed by atoms with E-state index < -0.39 is 0 Å². The standard InChI is InChI=1S/C7H16N2O/c1-9(10-2)7-4-3-5-8-6-7/h7-8H,3-6H2,1-2H3. The molecule has 0 spiro atoms. The van der Waals surface area contributed by atoms with Crippen LogP contribution >= 0.6 is 0 Å². The van der Waals surface area contributed by atoms with Gasteiger partial charge in [0, 0.05) is 19.6 Å². The lowest BCUT2D eigenvalue weighted by molar-refractivity contribution is -0.144. The molecule has 1 atom stereocenters. The maximum absolute atomic E-state index is 5.08. The van der Waals surface area contributed by atoms with Crippen LogP contribution in [-0.2, 0) is 4.84 Å². The quantitative estimate of drug-likeness (QED) is 0.561. The molecule has 3 heteroatoms. The van der Waals surface area contributed by atoms with Crippen molar-refractivity contribution in [2.45, 2.75) is 18.9 Å². The average molecular weight is 144 g/mol. The van der Waals surface area contributed by atoms with E-state index in [1.165, 1.54) is 12.8 Å². The number of hydrogen-bond donors (Lipinski definition) is 1. The lowest BCUT2D eigenvalue weighted by Crippen LogP contribution is -2.43. The Morgan fingerprint density at radius 1 is 1.60 bits per heavy atom. The molecule has 0 aliphatic carbocycles. The van der Waals surface area contributed by atoms with Crippen LogP contribution in [0.1, 0.15) is 12.8 Å². The Kier molecular flexibility index (Phi) is 3.12. The second kappa shape index (κ2) is 3.91. The maximum Gasteiger partial charge on any atom is 0.0575 e. The molecule has 1 heterocycles. The van der Waals surface area contributed by atoms with Crippen molar-refractivity contribution < 1.29 is 4.84 Å². The highest BCUT2D eigenvalue weighted by Gasteiger charge is 2.16. The zero-order valence-corrected chi connectivity index (χ0v) is 6.76.